The van der Waals surface area contributed by atoms with Gasteiger partial charge < -0.3 is 4.90 Å². The number of H-pyrrole nitrogens is 1. The van der Waals surface area contributed by atoms with Gasteiger partial charge in [-0.15, -0.1) is 0 Å². The average Bonchev–Trinajstić information content (AvgIpc) is 2.95. The SMILES string of the molecule is CCN(Cc1cccc(F)c1)C(=O)c1n[nH]c2ccc(C)cc12. The van der Waals surface area contributed by atoms with Crippen LogP contribution >= 0.6 is 0 Å². The molecule has 1 aromatic heterocycles. The number of halogens is 1. The summed E-state index contributed by atoms with van der Waals surface area (Å²) in [7, 11) is 0. The van der Waals surface area contributed by atoms with Crippen molar-refractivity contribution < 1.29 is 9.18 Å². The van der Waals surface area contributed by atoms with Gasteiger partial charge in [-0.25, -0.2) is 4.39 Å². The van der Waals surface area contributed by atoms with E-state index in [0.29, 0.717) is 18.8 Å². The van der Waals surface area contributed by atoms with Crippen molar-refractivity contribution in [2.24, 2.45) is 0 Å². The van der Waals surface area contributed by atoms with Gasteiger partial charge in [0.05, 0.1) is 5.52 Å². The third-order valence-electron chi connectivity index (χ3n) is 3.85. The van der Waals surface area contributed by atoms with Crippen LogP contribution in [0, 0.1) is 12.7 Å². The molecule has 0 fully saturated rings. The number of nitrogens with zero attached hydrogens (tertiary/aromatic N) is 2. The molecule has 0 saturated carbocycles. The van der Waals surface area contributed by atoms with Gasteiger partial charge in [-0.3, -0.25) is 9.89 Å². The number of aromatic nitrogens is 2. The maximum Gasteiger partial charge on any atom is 0.275 e. The molecule has 118 valence electrons. The first-order chi connectivity index (χ1) is 11.1. The average molecular weight is 311 g/mol. The molecule has 0 aliphatic heterocycles. The minimum atomic E-state index is -0.299. The van der Waals surface area contributed by atoms with Crippen LogP contribution in [0.2, 0.25) is 0 Å². The summed E-state index contributed by atoms with van der Waals surface area (Å²) in [5.41, 5.74) is 3.07. The smallest absolute Gasteiger partial charge is 0.275 e. The van der Waals surface area contributed by atoms with E-state index in [1.165, 1.54) is 12.1 Å². The summed E-state index contributed by atoms with van der Waals surface area (Å²) in [4.78, 5) is 14.5. The molecule has 0 unspecified atom stereocenters. The maximum absolute atomic E-state index is 13.3. The molecular formula is C18H18FN3O. The summed E-state index contributed by atoms with van der Waals surface area (Å²) in [6.45, 7) is 4.76. The molecule has 5 heteroatoms. The van der Waals surface area contributed by atoms with E-state index in [1.807, 2.05) is 38.1 Å². The third kappa shape index (κ3) is 3.08. The number of aryl methyl sites for hydroxylation is 1. The van der Waals surface area contributed by atoms with E-state index in [2.05, 4.69) is 10.2 Å². The number of carbonyl (C=O) groups excluding carboxylic acids is 1. The lowest BCUT2D eigenvalue weighted by molar-refractivity contribution is 0.0748. The van der Waals surface area contributed by atoms with E-state index in [0.717, 1.165) is 22.0 Å². The monoisotopic (exact) mass is 311 g/mol. The predicted molar refractivity (Wildman–Crippen MR) is 87.6 cm³/mol. The Balaban J connectivity index is 1.91. The molecule has 1 amide bonds. The highest BCUT2D eigenvalue weighted by Crippen LogP contribution is 2.20. The first-order valence-electron chi connectivity index (χ1n) is 7.57. The number of amides is 1. The summed E-state index contributed by atoms with van der Waals surface area (Å²) < 4.78 is 13.3. The van der Waals surface area contributed by atoms with Crippen LogP contribution in [0.25, 0.3) is 10.9 Å². The Morgan fingerprint density at radius 1 is 1.26 bits per heavy atom. The molecule has 1 N–H and O–H groups in total. The number of rotatable bonds is 4. The first-order valence-corrected chi connectivity index (χ1v) is 7.57. The Labute approximate surface area is 133 Å². The van der Waals surface area contributed by atoms with Crippen molar-refractivity contribution in [3.8, 4) is 0 Å². The molecule has 1 heterocycles. The van der Waals surface area contributed by atoms with Crippen molar-refractivity contribution in [3.63, 3.8) is 0 Å². The van der Waals surface area contributed by atoms with Gasteiger partial charge in [0.2, 0.25) is 0 Å². The molecular weight excluding hydrogens is 293 g/mol. The molecule has 0 aliphatic rings. The van der Waals surface area contributed by atoms with Crippen LogP contribution in [0.1, 0.15) is 28.5 Å². The Morgan fingerprint density at radius 3 is 2.83 bits per heavy atom. The normalized spacial score (nSPS) is 10.9. The van der Waals surface area contributed by atoms with Crippen molar-refractivity contribution in [1.29, 1.82) is 0 Å². The zero-order valence-electron chi connectivity index (χ0n) is 13.1. The second kappa shape index (κ2) is 6.20. The highest BCUT2D eigenvalue weighted by Gasteiger charge is 2.20. The minimum Gasteiger partial charge on any atom is -0.333 e. The van der Waals surface area contributed by atoms with Crippen LogP contribution in [0.5, 0.6) is 0 Å². The molecule has 3 aromatic rings. The zero-order chi connectivity index (χ0) is 16.4. The van der Waals surface area contributed by atoms with Gasteiger partial charge in [-0.05, 0) is 43.7 Å². The van der Waals surface area contributed by atoms with Crippen molar-refractivity contribution in [3.05, 3.63) is 65.1 Å². The summed E-state index contributed by atoms with van der Waals surface area (Å²) in [6, 6.07) is 12.1. The fourth-order valence-corrected chi connectivity index (χ4v) is 2.62. The van der Waals surface area contributed by atoms with Crippen LogP contribution in [0.4, 0.5) is 4.39 Å². The molecule has 4 nitrogen and oxygen atoms in total. The molecule has 23 heavy (non-hydrogen) atoms. The molecule has 0 bridgehead atoms. The van der Waals surface area contributed by atoms with E-state index >= 15 is 0 Å². The molecule has 0 saturated heterocycles. The summed E-state index contributed by atoms with van der Waals surface area (Å²) in [5, 5.41) is 7.88. The lowest BCUT2D eigenvalue weighted by Gasteiger charge is -2.20. The van der Waals surface area contributed by atoms with Gasteiger partial charge in [-0.2, -0.15) is 5.10 Å². The second-order valence-electron chi connectivity index (χ2n) is 5.57. The number of hydrogen-bond acceptors (Lipinski definition) is 2. The van der Waals surface area contributed by atoms with Crippen LogP contribution in [-0.2, 0) is 6.54 Å². The predicted octanol–water partition coefficient (Wildman–Crippen LogP) is 3.67. The summed E-state index contributed by atoms with van der Waals surface area (Å²) in [5.74, 6) is -0.458. The highest BCUT2D eigenvalue weighted by atomic mass is 19.1. The number of fused-ring (bicyclic) bond motifs is 1. The molecule has 2 aromatic carbocycles. The van der Waals surface area contributed by atoms with Crippen LogP contribution in [-0.4, -0.2) is 27.5 Å². The van der Waals surface area contributed by atoms with Crippen LogP contribution in [0.15, 0.2) is 42.5 Å². The molecule has 0 spiro atoms. The van der Waals surface area contributed by atoms with Gasteiger partial charge in [0.15, 0.2) is 5.69 Å². The molecule has 0 radical (unpaired) electrons. The van der Waals surface area contributed by atoms with E-state index < -0.39 is 0 Å². The van der Waals surface area contributed by atoms with Gasteiger partial charge in [0, 0.05) is 18.5 Å². The number of nitrogens with one attached hydrogen (secondary N) is 1. The van der Waals surface area contributed by atoms with E-state index in [4.69, 9.17) is 0 Å². The van der Waals surface area contributed by atoms with E-state index in [9.17, 15) is 9.18 Å². The topological polar surface area (TPSA) is 49.0 Å². The Kier molecular flexibility index (Phi) is 4.10. The molecule has 0 atom stereocenters. The van der Waals surface area contributed by atoms with Crippen LogP contribution in [0.3, 0.4) is 0 Å². The highest BCUT2D eigenvalue weighted by molar-refractivity contribution is 6.04. The third-order valence-corrected chi connectivity index (χ3v) is 3.85. The van der Waals surface area contributed by atoms with Gasteiger partial charge >= 0.3 is 0 Å². The van der Waals surface area contributed by atoms with Gasteiger partial charge in [-0.1, -0.05) is 23.8 Å². The standard InChI is InChI=1S/C18H18FN3O/c1-3-22(11-13-5-4-6-14(19)10-13)18(23)17-15-9-12(2)7-8-16(15)20-21-17/h4-10H,3,11H2,1-2H3,(H,20,21). The van der Waals surface area contributed by atoms with Crippen molar-refractivity contribution in [2.75, 3.05) is 6.54 Å². The van der Waals surface area contributed by atoms with Crippen molar-refractivity contribution in [2.45, 2.75) is 20.4 Å². The van der Waals surface area contributed by atoms with Crippen molar-refractivity contribution >= 4 is 16.8 Å². The van der Waals surface area contributed by atoms with Crippen LogP contribution < -0.4 is 0 Å². The Morgan fingerprint density at radius 2 is 2.09 bits per heavy atom. The largest absolute Gasteiger partial charge is 0.333 e. The first kappa shape index (κ1) is 15.2. The van der Waals surface area contributed by atoms with Crippen molar-refractivity contribution in [1.82, 2.24) is 15.1 Å². The minimum absolute atomic E-state index is 0.159. The lowest BCUT2D eigenvalue weighted by Crippen LogP contribution is -2.30. The number of aromatic amines is 1. The molecule has 0 aliphatic carbocycles. The second-order valence-corrected chi connectivity index (χ2v) is 5.57. The van der Waals surface area contributed by atoms with E-state index in [-0.39, 0.29) is 11.7 Å². The zero-order valence-corrected chi connectivity index (χ0v) is 13.1. The fraction of sp³-hybridized carbons (Fsp3) is 0.222. The Bertz CT molecular complexity index is 856. The maximum atomic E-state index is 13.3. The fourth-order valence-electron chi connectivity index (χ4n) is 2.62. The van der Waals surface area contributed by atoms with Gasteiger partial charge in [0.1, 0.15) is 5.82 Å². The number of benzene rings is 2. The summed E-state index contributed by atoms with van der Waals surface area (Å²) >= 11 is 0. The Hall–Kier alpha value is -2.69. The quantitative estimate of drug-likeness (QED) is 0.799. The van der Waals surface area contributed by atoms with E-state index in [1.54, 1.807) is 11.0 Å². The number of carbonyl (C=O) groups is 1. The summed E-state index contributed by atoms with van der Waals surface area (Å²) in [6.07, 6.45) is 0. The number of hydrogen-bond donors (Lipinski definition) is 1. The molecule has 3 rings (SSSR count). The van der Waals surface area contributed by atoms with Gasteiger partial charge in [0.25, 0.3) is 5.91 Å². The lowest BCUT2D eigenvalue weighted by atomic mass is 10.1.